The molecule has 2 heterocycles. The van der Waals surface area contributed by atoms with Gasteiger partial charge in [-0.25, -0.2) is 13.5 Å². The van der Waals surface area contributed by atoms with E-state index >= 15 is 0 Å². The van der Waals surface area contributed by atoms with Crippen LogP contribution in [0.3, 0.4) is 0 Å². The molecule has 1 amide bonds. The number of rotatable bonds is 4. The third-order valence-corrected chi connectivity index (χ3v) is 5.32. The smallest absolute Gasteiger partial charge is 0.272 e. The van der Waals surface area contributed by atoms with Gasteiger partial charge in [0.25, 0.3) is 5.91 Å². The van der Waals surface area contributed by atoms with Gasteiger partial charge in [-0.05, 0) is 37.0 Å². The van der Waals surface area contributed by atoms with Crippen LogP contribution in [-0.2, 0) is 20.0 Å². The lowest BCUT2D eigenvalue weighted by atomic mass is 10.1. The Balaban J connectivity index is 1.49. The summed E-state index contributed by atoms with van der Waals surface area (Å²) >= 11 is 0. The van der Waals surface area contributed by atoms with E-state index in [-0.39, 0.29) is 11.6 Å². The fraction of sp³-hybridized carbons (Fsp3) is 0.316. The Morgan fingerprint density at radius 2 is 2.15 bits per heavy atom. The summed E-state index contributed by atoms with van der Waals surface area (Å²) in [5, 5.41) is 11.5. The molecule has 2 aliphatic rings. The lowest BCUT2D eigenvalue weighted by Crippen LogP contribution is -2.24. The van der Waals surface area contributed by atoms with Crippen molar-refractivity contribution < 1.29 is 13.6 Å². The topological polar surface area (TPSA) is 64.7 Å². The number of benzene rings is 1. The van der Waals surface area contributed by atoms with Crippen LogP contribution in [0.4, 0.5) is 8.78 Å². The molecule has 0 unspecified atom stereocenters. The molecule has 8 heteroatoms. The van der Waals surface area contributed by atoms with E-state index in [9.17, 15) is 13.6 Å². The highest BCUT2D eigenvalue weighted by molar-refractivity contribution is 5.94. The van der Waals surface area contributed by atoms with Crippen LogP contribution in [0.2, 0.25) is 0 Å². The van der Waals surface area contributed by atoms with Crippen LogP contribution in [-0.4, -0.2) is 25.5 Å². The van der Waals surface area contributed by atoms with Gasteiger partial charge >= 0.3 is 0 Å². The van der Waals surface area contributed by atoms with Crippen molar-refractivity contribution in [2.75, 3.05) is 0 Å². The highest BCUT2D eigenvalue weighted by Crippen LogP contribution is 2.57. The number of fused-ring (bicyclic) bond motifs is 3. The second-order valence-electron chi connectivity index (χ2n) is 7.19. The Labute approximate surface area is 153 Å². The summed E-state index contributed by atoms with van der Waals surface area (Å²) in [6, 6.07) is 5.23. The van der Waals surface area contributed by atoms with Gasteiger partial charge in [-0.1, -0.05) is 0 Å². The van der Waals surface area contributed by atoms with Gasteiger partial charge in [-0.15, -0.1) is 0 Å². The van der Waals surface area contributed by atoms with E-state index in [4.69, 9.17) is 0 Å². The summed E-state index contributed by atoms with van der Waals surface area (Å²) in [7, 11) is 1.81. The Morgan fingerprint density at radius 3 is 2.89 bits per heavy atom. The molecule has 5 rings (SSSR count). The molecule has 138 valence electrons. The lowest BCUT2D eigenvalue weighted by Gasteiger charge is -2.07. The maximum absolute atomic E-state index is 14.3. The number of amides is 1. The normalized spacial score (nSPS) is 19.7. The lowest BCUT2D eigenvalue weighted by molar-refractivity contribution is 0.0944. The molecule has 0 aliphatic heterocycles. The average Bonchev–Trinajstić information content (AvgIpc) is 2.96. The first-order valence-electron chi connectivity index (χ1n) is 8.85. The number of halogens is 2. The molecule has 6 nitrogen and oxygen atoms in total. The van der Waals surface area contributed by atoms with Gasteiger partial charge in [0.2, 0.25) is 0 Å². The van der Waals surface area contributed by atoms with Gasteiger partial charge in [-0.3, -0.25) is 9.48 Å². The molecule has 2 aliphatic carbocycles. The highest BCUT2D eigenvalue weighted by Gasteiger charge is 2.50. The number of carbonyl (C=O) groups is 1. The average molecular weight is 369 g/mol. The van der Waals surface area contributed by atoms with Crippen LogP contribution < -0.4 is 5.32 Å². The van der Waals surface area contributed by atoms with Crippen molar-refractivity contribution in [3.63, 3.8) is 0 Å². The van der Waals surface area contributed by atoms with Crippen molar-refractivity contribution in [1.29, 1.82) is 0 Å². The first-order chi connectivity index (χ1) is 13.0. The van der Waals surface area contributed by atoms with E-state index in [1.807, 2.05) is 13.1 Å². The Bertz CT molecular complexity index is 1070. The number of nitrogens with zero attached hydrogens (tertiary/aromatic N) is 4. The summed E-state index contributed by atoms with van der Waals surface area (Å²) in [6.07, 6.45) is 3.60. The standard InChI is InChI=1S/C19H17F2N5O/c1-25-5-4-12(23-25)9-22-19(27)17-14-7-10-6-13(10)18(14)26(24-17)16-3-2-11(20)8-15(16)21/h2-5,8,10,13H,6-7,9H2,1H3,(H,22,27)/t10-,13-/m1/s1. The van der Waals surface area contributed by atoms with E-state index in [0.717, 1.165) is 35.9 Å². The number of carbonyl (C=O) groups excluding carboxylic acids is 1. The van der Waals surface area contributed by atoms with Crippen molar-refractivity contribution in [2.24, 2.45) is 13.0 Å². The van der Waals surface area contributed by atoms with E-state index in [1.165, 1.54) is 16.8 Å². The first kappa shape index (κ1) is 16.2. The largest absolute Gasteiger partial charge is 0.345 e. The van der Waals surface area contributed by atoms with Crippen LogP contribution in [0.15, 0.2) is 30.5 Å². The summed E-state index contributed by atoms with van der Waals surface area (Å²) in [5.41, 5.74) is 2.99. The molecular weight excluding hydrogens is 352 g/mol. The monoisotopic (exact) mass is 369 g/mol. The predicted octanol–water partition coefficient (Wildman–Crippen LogP) is 2.47. The molecule has 1 aromatic carbocycles. The van der Waals surface area contributed by atoms with Crippen molar-refractivity contribution >= 4 is 5.91 Å². The van der Waals surface area contributed by atoms with E-state index in [0.29, 0.717) is 24.1 Å². The van der Waals surface area contributed by atoms with Crippen LogP contribution >= 0.6 is 0 Å². The second kappa shape index (κ2) is 5.73. The van der Waals surface area contributed by atoms with Gasteiger partial charge < -0.3 is 5.32 Å². The second-order valence-corrected chi connectivity index (χ2v) is 7.19. The zero-order valence-corrected chi connectivity index (χ0v) is 14.6. The summed E-state index contributed by atoms with van der Waals surface area (Å²) in [5.74, 6) is -0.841. The van der Waals surface area contributed by atoms with Gasteiger partial charge in [0, 0.05) is 30.8 Å². The zero-order valence-electron chi connectivity index (χ0n) is 14.6. The predicted molar refractivity (Wildman–Crippen MR) is 92.4 cm³/mol. The minimum Gasteiger partial charge on any atom is -0.345 e. The number of hydrogen-bond acceptors (Lipinski definition) is 3. The Morgan fingerprint density at radius 1 is 1.30 bits per heavy atom. The van der Waals surface area contributed by atoms with Crippen LogP contribution in [0, 0.1) is 17.6 Å². The number of nitrogens with one attached hydrogen (secondary N) is 1. The summed E-state index contributed by atoms with van der Waals surface area (Å²) < 4.78 is 30.7. The number of aryl methyl sites for hydroxylation is 1. The summed E-state index contributed by atoms with van der Waals surface area (Å²) in [4.78, 5) is 12.7. The van der Waals surface area contributed by atoms with Crippen LogP contribution in [0.25, 0.3) is 5.69 Å². The Hall–Kier alpha value is -3.03. The minimum atomic E-state index is -0.690. The SMILES string of the molecule is Cn1ccc(CNC(=O)c2nn(-c3ccc(F)cc3F)c3c2C[C@H]2C[C@@H]32)n1. The third-order valence-electron chi connectivity index (χ3n) is 5.32. The van der Waals surface area contributed by atoms with Crippen molar-refractivity contribution in [3.05, 3.63) is 64.7 Å². The zero-order chi connectivity index (χ0) is 18.7. The number of hydrogen-bond donors (Lipinski definition) is 1. The third kappa shape index (κ3) is 2.63. The first-order valence-corrected chi connectivity index (χ1v) is 8.85. The van der Waals surface area contributed by atoms with Gasteiger partial charge in [0.15, 0.2) is 11.5 Å². The quantitative estimate of drug-likeness (QED) is 0.768. The molecule has 0 spiro atoms. The van der Waals surface area contributed by atoms with E-state index in [2.05, 4.69) is 15.5 Å². The molecular formula is C19H17F2N5O. The van der Waals surface area contributed by atoms with Crippen molar-refractivity contribution in [3.8, 4) is 5.69 Å². The van der Waals surface area contributed by atoms with Gasteiger partial charge in [0.05, 0.1) is 17.9 Å². The van der Waals surface area contributed by atoms with Crippen molar-refractivity contribution in [2.45, 2.75) is 25.3 Å². The molecule has 1 saturated carbocycles. The maximum atomic E-state index is 14.3. The molecule has 0 radical (unpaired) electrons. The minimum absolute atomic E-state index is 0.170. The molecule has 0 saturated heterocycles. The fourth-order valence-electron chi connectivity index (χ4n) is 3.95. The Kier molecular flexibility index (Phi) is 3.43. The summed E-state index contributed by atoms with van der Waals surface area (Å²) in [6.45, 7) is 0.291. The molecule has 1 N–H and O–H groups in total. The van der Waals surface area contributed by atoms with Gasteiger partial charge in [0.1, 0.15) is 11.5 Å². The van der Waals surface area contributed by atoms with Crippen molar-refractivity contribution in [1.82, 2.24) is 24.9 Å². The maximum Gasteiger partial charge on any atom is 0.272 e. The molecule has 0 bridgehead atoms. The van der Waals surface area contributed by atoms with Crippen LogP contribution in [0.1, 0.15) is 39.8 Å². The number of aromatic nitrogens is 4. The molecule has 2 aromatic heterocycles. The van der Waals surface area contributed by atoms with E-state index < -0.39 is 11.6 Å². The highest BCUT2D eigenvalue weighted by atomic mass is 19.1. The molecule has 2 atom stereocenters. The molecule has 1 fully saturated rings. The fourth-order valence-corrected chi connectivity index (χ4v) is 3.95. The van der Waals surface area contributed by atoms with Gasteiger partial charge in [-0.2, -0.15) is 10.2 Å². The van der Waals surface area contributed by atoms with E-state index in [1.54, 1.807) is 10.9 Å². The molecule has 27 heavy (non-hydrogen) atoms. The molecule has 3 aromatic rings. The van der Waals surface area contributed by atoms with Crippen LogP contribution in [0.5, 0.6) is 0 Å².